The first-order chi connectivity index (χ1) is 18.0. The minimum atomic E-state index is -0.687. The number of benzene rings is 1. The van der Waals surface area contributed by atoms with E-state index in [1.165, 1.54) is 6.08 Å². The van der Waals surface area contributed by atoms with Gasteiger partial charge in [-0.15, -0.1) is 0 Å². The van der Waals surface area contributed by atoms with Crippen molar-refractivity contribution in [3.8, 4) is 6.07 Å². The third-order valence-corrected chi connectivity index (χ3v) is 7.71. The van der Waals surface area contributed by atoms with Gasteiger partial charge in [0.1, 0.15) is 5.69 Å². The molecule has 1 aliphatic rings. The molecule has 5 nitrogen and oxygen atoms in total. The van der Waals surface area contributed by atoms with E-state index in [1.54, 1.807) is 20.8 Å². The number of nitrogens with one attached hydrogen (secondary N) is 1. The van der Waals surface area contributed by atoms with Gasteiger partial charge in [-0.1, -0.05) is 43.7 Å². The van der Waals surface area contributed by atoms with Crippen LogP contribution in [0.4, 0.5) is 10.1 Å². The number of hydrogen-bond acceptors (Lipinski definition) is 5. The summed E-state index contributed by atoms with van der Waals surface area (Å²) in [5.74, 6) is -0.371. The van der Waals surface area contributed by atoms with Gasteiger partial charge in [-0.05, 0) is 77.0 Å². The Balaban J connectivity index is 2.90. The molecule has 38 heavy (non-hydrogen) atoms. The number of aliphatic hydroxyl groups excluding tert-OH is 1. The molecule has 2 N–H and O–H groups in total. The fourth-order valence-electron chi connectivity index (χ4n) is 4.67. The quantitative estimate of drug-likeness (QED) is 0.133. The molecule has 1 fully saturated rings. The second kappa shape index (κ2) is 13.0. The fourth-order valence-corrected chi connectivity index (χ4v) is 4.67. The lowest BCUT2D eigenvalue weighted by Gasteiger charge is -2.22. The van der Waals surface area contributed by atoms with E-state index in [-0.39, 0.29) is 29.0 Å². The third-order valence-electron chi connectivity index (χ3n) is 7.71. The SMILES string of the molecule is C=Cc1c(CO)c(CC)c(C(=N)/C(C(C#N)=C(C)C)=C(C)\C(C)=C/C)c(F)c1N=C(C)OCC1(CC)CC1. The molecule has 1 saturated carbocycles. The van der Waals surface area contributed by atoms with Gasteiger partial charge in [-0.2, -0.15) is 5.26 Å². The number of rotatable bonds is 11. The molecule has 1 aromatic carbocycles. The Hall–Kier alpha value is -3.30. The van der Waals surface area contributed by atoms with Crippen LogP contribution in [0.15, 0.2) is 45.5 Å². The van der Waals surface area contributed by atoms with Gasteiger partial charge in [0, 0.05) is 29.0 Å². The fraction of sp³-hybridized carbons (Fsp3) is 0.469. The van der Waals surface area contributed by atoms with E-state index in [0.717, 1.165) is 30.4 Å². The van der Waals surface area contributed by atoms with Crippen molar-refractivity contribution in [3.63, 3.8) is 0 Å². The van der Waals surface area contributed by atoms with Gasteiger partial charge in [-0.3, -0.25) is 5.41 Å². The van der Waals surface area contributed by atoms with Crippen molar-refractivity contribution >= 4 is 23.4 Å². The molecule has 0 saturated heterocycles. The van der Waals surface area contributed by atoms with Crippen LogP contribution < -0.4 is 0 Å². The van der Waals surface area contributed by atoms with E-state index in [1.807, 2.05) is 33.8 Å². The summed E-state index contributed by atoms with van der Waals surface area (Å²) in [5.41, 5.74) is 4.45. The summed E-state index contributed by atoms with van der Waals surface area (Å²) >= 11 is 0. The Morgan fingerprint density at radius 3 is 2.26 bits per heavy atom. The number of ether oxygens (including phenoxy) is 1. The first-order valence-electron chi connectivity index (χ1n) is 13.3. The zero-order valence-electron chi connectivity index (χ0n) is 24.2. The van der Waals surface area contributed by atoms with E-state index in [0.29, 0.717) is 52.3 Å². The Morgan fingerprint density at radius 1 is 1.21 bits per heavy atom. The van der Waals surface area contributed by atoms with Gasteiger partial charge in [-0.25, -0.2) is 9.38 Å². The number of aliphatic imine (C=N–C) groups is 1. The lowest BCUT2D eigenvalue weighted by atomic mass is 9.83. The van der Waals surface area contributed by atoms with Gasteiger partial charge in [0.25, 0.3) is 0 Å². The van der Waals surface area contributed by atoms with E-state index in [2.05, 4.69) is 24.6 Å². The van der Waals surface area contributed by atoms with Crippen molar-refractivity contribution in [3.05, 3.63) is 68.6 Å². The summed E-state index contributed by atoms with van der Waals surface area (Å²) in [6.45, 7) is 18.9. The molecule has 0 atom stereocenters. The minimum absolute atomic E-state index is 0.0182. The summed E-state index contributed by atoms with van der Waals surface area (Å²) in [7, 11) is 0. The molecule has 0 radical (unpaired) electrons. The van der Waals surface area contributed by atoms with Crippen LogP contribution in [-0.4, -0.2) is 23.3 Å². The monoisotopic (exact) mass is 519 g/mol. The van der Waals surface area contributed by atoms with Crippen molar-refractivity contribution in [2.45, 2.75) is 87.7 Å². The highest BCUT2D eigenvalue weighted by Crippen LogP contribution is 2.48. The zero-order chi connectivity index (χ0) is 28.8. The zero-order valence-corrected chi connectivity index (χ0v) is 24.2. The summed E-state index contributed by atoms with van der Waals surface area (Å²) in [5, 5.41) is 29.7. The Morgan fingerprint density at radius 2 is 1.84 bits per heavy atom. The molecule has 6 heteroatoms. The van der Waals surface area contributed by atoms with E-state index >= 15 is 4.39 Å². The molecule has 204 valence electrons. The third kappa shape index (κ3) is 6.22. The molecule has 0 bridgehead atoms. The molecule has 1 aliphatic carbocycles. The van der Waals surface area contributed by atoms with Crippen molar-refractivity contribution in [1.82, 2.24) is 0 Å². The van der Waals surface area contributed by atoms with Crippen molar-refractivity contribution < 1.29 is 14.2 Å². The molecule has 0 aliphatic heterocycles. The number of hydrogen-bond donors (Lipinski definition) is 2. The largest absolute Gasteiger partial charge is 0.480 e. The minimum Gasteiger partial charge on any atom is -0.480 e. The van der Waals surface area contributed by atoms with Crippen molar-refractivity contribution in [2.24, 2.45) is 10.4 Å². The maximum absolute atomic E-state index is 16.6. The van der Waals surface area contributed by atoms with Crippen LogP contribution in [0.1, 0.15) is 96.9 Å². The molecule has 0 aromatic heterocycles. The molecule has 0 spiro atoms. The molecule has 1 aromatic rings. The number of nitrogens with zero attached hydrogens (tertiary/aromatic N) is 2. The molecular weight excluding hydrogens is 477 g/mol. The number of halogens is 1. The summed E-state index contributed by atoms with van der Waals surface area (Å²) < 4.78 is 22.5. The highest BCUT2D eigenvalue weighted by atomic mass is 19.1. The molecular formula is C32H42FN3O2. The Bertz CT molecular complexity index is 1280. The van der Waals surface area contributed by atoms with Crippen LogP contribution in [0.3, 0.4) is 0 Å². The molecule has 2 rings (SSSR count). The first kappa shape index (κ1) is 30.9. The second-order valence-corrected chi connectivity index (χ2v) is 10.2. The van der Waals surface area contributed by atoms with Gasteiger partial charge >= 0.3 is 0 Å². The van der Waals surface area contributed by atoms with Gasteiger partial charge in [0.2, 0.25) is 0 Å². The first-order valence-corrected chi connectivity index (χ1v) is 13.3. The number of aliphatic hydroxyl groups is 1. The molecule has 0 heterocycles. The average Bonchev–Trinajstić information content (AvgIpc) is 3.69. The summed E-state index contributed by atoms with van der Waals surface area (Å²) in [6, 6.07) is 2.23. The topological polar surface area (TPSA) is 89.5 Å². The smallest absolute Gasteiger partial charge is 0.185 e. The van der Waals surface area contributed by atoms with Crippen LogP contribution in [0.25, 0.3) is 6.08 Å². The maximum atomic E-state index is 16.6. The lowest BCUT2D eigenvalue weighted by molar-refractivity contribution is 0.217. The van der Waals surface area contributed by atoms with Crippen LogP contribution in [0.2, 0.25) is 0 Å². The second-order valence-electron chi connectivity index (χ2n) is 10.2. The van der Waals surface area contributed by atoms with Crippen molar-refractivity contribution in [1.29, 1.82) is 10.7 Å². The highest BCUT2D eigenvalue weighted by molar-refractivity contribution is 6.16. The van der Waals surface area contributed by atoms with Crippen LogP contribution in [0.5, 0.6) is 0 Å². The summed E-state index contributed by atoms with van der Waals surface area (Å²) in [4.78, 5) is 4.51. The highest BCUT2D eigenvalue weighted by Gasteiger charge is 2.41. The van der Waals surface area contributed by atoms with Gasteiger partial charge < -0.3 is 9.84 Å². The Labute approximate surface area is 227 Å². The number of nitriles is 1. The van der Waals surface area contributed by atoms with Gasteiger partial charge in [0.15, 0.2) is 11.7 Å². The standard InChI is InChI=1S/C32H42FN3O2/c1-10-20(7)21(8)27(25(16-34)19(5)6)30(35)28-23(11-2)26(17-37)24(12-3)31(29(28)33)36-22(9)38-18-32(13-4)14-15-32/h10,12,35,37H,3,11,13-15,17-18H2,1-2,4-9H3/b20-10-,27-21-,35-30?,36-22?. The van der Waals surface area contributed by atoms with Crippen molar-refractivity contribution in [2.75, 3.05) is 6.61 Å². The molecule has 0 amide bonds. The van der Waals surface area contributed by atoms with E-state index in [4.69, 9.17) is 4.74 Å². The van der Waals surface area contributed by atoms with Crippen LogP contribution in [0, 0.1) is 28.0 Å². The summed E-state index contributed by atoms with van der Waals surface area (Å²) in [6.07, 6.45) is 6.99. The van der Waals surface area contributed by atoms with E-state index < -0.39 is 5.82 Å². The lowest BCUT2D eigenvalue weighted by Crippen LogP contribution is -2.17. The normalized spacial score (nSPS) is 15.4. The maximum Gasteiger partial charge on any atom is 0.185 e. The Kier molecular flexibility index (Phi) is 10.6. The van der Waals surface area contributed by atoms with Gasteiger partial charge in [0.05, 0.1) is 30.6 Å². The number of allylic oxidation sites excluding steroid dienone is 6. The molecule has 0 unspecified atom stereocenters. The van der Waals surface area contributed by atoms with Crippen LogP contribution >= 0.6 is 0 Å². The predicted octanol–water partition coefficient (Wildman–Crippen LogP) is 8.29. The van der Waals surface area contributed by atoms with E-state index in [9.17, 15) is 15.8 Å². The van der Waals surface area contributed by atoms with Crippen LogP contribution in [-0.2, 0) is 17.8 Å². The average molecular weight is 520 g/mol. The predicted molar refractivity (Wildman–Crippen MR) is 155 cm³/mol.